The van der Waals surface area contributed by atoms with E-state index in [4.69, 9.17) is 0 Å². The van der Waals surface area contributed by atoms with Crippen LogP contribution < -0.4 is 5.32 Å². The van der Waals surface area contributed by atoms with Crippen LogP contribution in [0.15, 0.2) is 18.2 Å². The molecule has 126 valence electrons. The van der Waals surface area contributed by atoms with Crippen molar-refractivity contribution in [2.75, 3.05) is 12.4 Å². The average molecular weight is 362 g/mol. The predicted molar refractivity (Wildman–Crippen MR) is 96.3 cm³/mol. The number of anilines is 1. The number of benzene rings is 1. The lowest BCUT2D eigenvalue weighted by Crippen LogP contribution is -2.39. The van der Waals surface area contributed by atoms with Gasteiger partial charge in [-0.1, -0.05) is 24.3 Å². The van der Waals surface area contributed by atoms with Crippen LogP contribution in [0.5, 0.6) is 0 Å². The number of nitrogens with zero attached hydrogens (tertiary/aromatic N) is 5. The molecule has 0 saturated heterocycles. The molecule has 24 heavy (non-hydrogen) atoms. The topological polar surface area (TPSA) is 83.9 Å². The maximum absolute atomic E-state index is 12.4. The summed E-state index contributed by atoms with van der Waals surface area (Å²) in [5.41, 5.74) is 2.89. The number of fused-ring (bicyclic) bond motifs is 1. The van der Waals surface area contributed by atoms with Gasteiger partial charge in [0.2, 0.25) is 11.0 Å². The molecule has 0 bridgehead atoms. The molecule has 0 aliphatic heterocycles. The van der Waals surface area contributed by atoms with Crippen LogP contribution in [0.1, 0.15) is 24.4 Å². The summed E-state index contributed by atoms with van der Waals surface area (Å²) < 4.78 is 8.45. The Bertz CT molecular complexity index is 845. The van der Waals surface area contributed by atoms with Gasteiger partial charge in [-0.05, 0) is 38.1 Å². The molecule has 1 atom stereocenters. The Morgan fingerprint density at radius 3 is 2.83 bits per heavy atom. The molecule has 0 aliphatic carbocycles. The largest absolute Gasteiger partial charge is 0.299 e. The highest BCUT2D eigenvalue weighted by molar-refractivity contribution is 7.15. The zero-order valence-electron chi connectivity index (χ0n) is 13.7. The molecule has 1 aromatic carbocycles. The van der Waals surface area contributed by atoms with Gasteiger partial charge in [-0.2, -0.15) is 8.75 Å². The second kappa shape index (κ2) is 7.29. The Balaban J connectivity index is 1.62. The summed E-state index contributed by atoms with van der Waals surface area (Å²) in [6, 6.07) is 5.70. The van der Waals surface area contributed by atoms with Gasteiger partial charge in [0.1, 0.15) is 16.0 Å². The zero-order chi connectivity index (χ0) is 17.1. The van der Waals surface area contributed by atoms with Crippen LogP contribution in [-0.4, -0.2) is 42.8 Å². The van der Waals surface area contributed by atoms with Crippen molar-refractivity contribution in [2.24, 2.45) is 0 Å². The molecule has 0 unspecified atom stereocenters. The molecule has 0 fully saturated rings. The van der Waals surface area contributed by atoms with E-state index in [9.17, 15) is 4.79 Å². The lowest BCUT2D eigenvalue weighted by Gasteiger charge is -2.23. The molecule has 3 aromatic rings. The first kappa shape index (κ1) is 16.9. The maximum atomic E-state index is 12.4. The SMILES string of the molecule is CCc1nnc(NC(=O)[C@@H](C)N(C)Cc2ccc3nsnc3c2)s1. The van der Waals surface area contributed by atoms with Crippen molar-refractivity contribution in [2.45, 2.75) is 32.9 Å². The number of nitrogens with one attached hydrogen (secondary N) is 1. The molecule has 1 N–H and O–H groups in total. The average Bonchev–Trinajstić information content (AvgIpc) is 3.22. The minimum absolute atomic E-state index is 0.0901. The van der Waals surface area contributed by atoms with Gasteiger partial charge < -0.3 is 0 Å². The Morgan fingerprint density at radius 1 is 1.29 bits per heavy atom. The van der Waals surface area contributed by atoms with Crippen LogP contribution in [0.4, 0.5) is 5.13 Å². The fourth-order valence-electron chi connectivity index (χ4n) is 2.21. The van der Waals surface area contributed by atoms with Crippen LogP contribution in [0.2, 0.25) is 0 Å². The van der Waals surface area contributed by atoms with Gasteiger partial charge in [-0.15, -0.1) is 10.2 Å². The van der Waals surface area contributed by atoms with Crippen LogP contribution in [0.3, 0.4) is 0 Å². The smallest absolute Gasteiger partial charge is 0.243 e. The molecule has 0 radical (unpaired) electrons. The van der Waals surface area contributed by atoms with Crippen molar-refractivity contribution in [3.05, 3.63) is 28.8 Å². The summed E-state index contributed by atoms with van der Waals surface area (Å²) in [5, 5.41) is 12.3. The van der Waals surface area contributed by atoms with Crippen molar-refractivity contribution in [1.82, 2.24) is 23.8 Å². The third kappa shape index (κ3) is 3.74. The molecular formula is C15H18N6OS2. The van der Waals surface area contributed by atoms with Crippen LogP contribution in [0.25, 0.3) is 11.0 Å². The molecule has 2 aromatic heterocycles. The first-order chi connectivity index (χ1) is 11.6. The highest BCUT2D eigenvalue weighted by Gasteiger charge is 2.20. The fraction of sp³-hybridized carbons (Fsp3) is 0.400. The van der Waals surface area contributed by atoms with Crippen molar-refractivity contribution in [1.29, 1.82) is 0 Å². The normalized spacial score (nSPS) is 12.7. The fourth-order valence-corrected chi connectivity index (χ4v) is 3.41. The van der Waals surface area contributed by atoms with Gasteiger partial charge in [-0.25, -0.2) is 0 Å². The highest BCUT2D eigenvalue weighted by Crippen LogP contribution is 2.18. The van der Waals surface area contributed by atoms with E-state index in [2.05, 4.69) is 24.3 Å². The number of carbonyl (C=O) groups is 1. The van der Waals surface area contributed by atoms with E-state index in [0.717, 1.165) is 28.0 Å². The van der Waals surface area contributed by atoms with Gasteiger partial charge in [-0.3, -0.25) is 15.0 Å². The number of rotatable bonds is 6. The monoisotopic (exact) mass is 362 g/mol. The van der Waals surface area contributed by atoms with E-state index in [1.54, 1.807) is 0 Å². The standard InChI is InChI=1S/C15H18N6OS2/c1-4-13-17-18-15(23-13)16-14(22)9(2)21(3)8-10-5-6-11-12(7-10)20-24-19-11/h5-7,9H,4,8H2,1-3H3,(H,16,18,22)/t9-/m1/s1. The minimum atomic E-state index is -0.289. The molecule has 0 spiro atoms. The van der Waals surface area contributed by atoms with Gasteiger partial charge in [0.25, 0.3) is 0 Å². The van der Waals surface area contributed by atoms with E-state index in [-0.39, 0.29) is 11.9 Å². The number of hydrogen-bond donors (Lipinski definition) is 1. The number of carbonyl (C=O) groups excluding carboxylic acids is 1. The summed E-state index contributed by atoms with van der Waals surface area (Å²) in [6.45, 7) is 4.54. The van der Waals surface area contributed by atoms with E-state index in [1.165, 1.54) is 23.1 Å². The first-order valence-electron chi connectivity index (χ1n) is 7.61. The first-order valence-corrected chi connectivity index (χ1v) is 9.16. The lowest BCUT2D eigenvalue weighted by atomic mass is 10.1. The third-order valence-corrected chi connectivity index (χ3v) is 5.33. The molecule has 0 saturated carbocycles. The Labute approximate surface area is 148 Å². The molecule has 1 amide bonds. The number of likely N-dealkylation sites (N-methyl/N-ethyl adjacent to an activating group) is 1. The predicted octanol–water partition coefficient (Wildman–Crippen LogP) is 2.56. The van der Waals surface area contributed by atoms with Crippen molar-refractivity contribution in [3.8, 4) is 0 Å². The minimum Gasteiger partial charge on any atom is -0.299 e. The van der Waals surface area contributed by atoms with Crippen LogP contribution in [-0.2, 0) is 17.8 Å². The highest BCUT2D eigenvalue weighted by atomic mass is 32.1. The molecule has 7 nitrogen and oxygen atoms in total. The maximum Gasteiger partial charge on any atom is 0.243 e. The van der Waals surface area contributed by atoms with Gasteiger partial charge in [0.15, 0.2) is 0 Å². The summed E-state index contributed by atoms with van der Waals surface area (Å²) >= 11 is 2.62. The van der Waals surface area contributed by atoms with Gasteiger partial charge >= 0.3 is 0 Å². The number of amides is 1. The van der Waals surface area contributed by atoms with Crippen LogP contribution in [0, 0.1) is 0 Å². The summed E-state index contributed by atoms with van der Waals surface area (Å²) in [5.74, 6) is -0.0901. The number of aryl methyl sites for hydroxylation is 1. The Morgan fingerprint density at radius 2 is 2.08 bits per heavy atom. The summed E-state index contributed by atoms with van der Waals surface area (Å²) in [4.78, 5) is 14.4. The number of hydrogen-bond acceptors (Lipinski definition) is 8. The van der Waals surface area contributed by atoms with Crippen molar-refractivity contribution in [3.63, 3.8) is 0 Å². The van der Waals surface area contributed by atoms with E-state index in [0.29, 0.717) is 11.7 Å². The molecular weight excluding hydrogens is 344 g/mol. The van der Waals surface area contributed by atoms with E-state index >= 15 is 0 Å². The number of aromatic nitrogens is 4. The lowest BCUT2D eigenvalue weighted by molar-refractivity contribution is -0.120. The summed E-state index contributed by atoms with van der Waals surface area (Å²) in [6.07, 6.45) is 0.816. The molecule has 9 heteroatoms. The van der Waals surface area contributed by atoms with Gasteiger partial charge in [0.05, 0.1) is 17.8 Å². The molecule has 3 rings (SSSR count). The Hall–Kier alpha value is -1.97. The zero-order valence-corrected chi connectivity index (χ0v) is 15.3. The van der Waals surface area contributed by atoms with Crippen molar-refractivity contribution < 1.29 is 4.79 Å². The summed E-state index contributed by atoms with van der Waals surface area (Å²) in [7, 11) is 1.92. The quantitative estimate of drug-likeness (QED) is 0.725. The van der Waals surface area contributed by atoms with Crippen LogP contribution >= 0.6 is 23.1 Å². The van der Waals surface area contributed by atoms with Crippen molar-refractivity contribution >= 4 is 45.1 Å². The molecule has 0 aliphatic rings. The molecule has 2 heterocycles. The van der Waals surface area contributed by atoms with Gasteiger partial charge in [0, 0.05) is 6.54 Å². The third-order valence-electron chi connectivity index (χ3n) is 3.79. The van der Waals surface area contributed by atoms with E-state index < -0.39 is 0 Å². The Kier molecular flexibility index (Phi) is 5.12. The van der Waals surface area contributed by atoms with E-state index in [1.807, 2.05) is 44.0 Å². The second-order valence-electron chi connectivity index (χ2n) is 5.52. The second-order valence-corrected chi connectivity index (χ2v) is 7.11.